The molecule has 0 spiro atoms. The first-order valence-electron chi connectivity index (χ1n) is 6.56. The van der Waals surface area contributed by atoms with Gasteiger partial charge in [-0.15, -0.1) is 0 Å². The first-order chi connectivity index (χ1) is 10.4. The second kappa shape index (κ2) is 6.37. The van der Waals surface area contributed by atoms with Crippen LogP contribution in [0.2, 0.25) is 0 Å². The normalized spacial score (nSPS) is 15.0. The van der Waals surface area contributed by atoms with Crippen LogP contribution in [-0.4, -0.2) is 39.8 Å². The molecule has 0 unspecified atom stereocenters. The van der Waals surface area contributed by atoms with E-state index in [1.807, 2.05) is 0 Å². The van der Waals surface area contributed by atoms with Gasteiger partial charge in [0.2, 0.25) is 10.0 Å². The molecule has 1 aromatic rings. The van der Waals surface area contributed by atoms with Crippen LogP contribution in [0.25, 0.3) is 6.08 Å². The maximum Gasteiger partial charge on any atom is 0.328 e. The van der Waals surface area contributed by atoms with Gasteiger partial charge in [-0.3, -0.25) is 0 Å². The summed E-state index contributed by atoms with van der Waals surface area (Å²) in [5.74, 6) is -0.829. The maximum atomic E-state index is 12.4. The van der Waals surface area contributed by atoms with E-state index >= 15 is 0 Å². The SMILES string of the molecule is COc1cc(/C=C/C(=O)O)cc(S(=O)(=O)NC2CC2)c1OC. The Hall–Kier alpha value is -2.06. The Kier molecular flexibility index (Phi) is 4.72. The second-order valence-corrected chi connectivity index (χ2v) is 6.50. The fraction of sp³-hybridized carbons (Fsp3) is 0.357. The predicted molar refractivity (Wildman–Crippen MR) is 79.6 cm³/mol. The Morgan fingerprint density at radius 2 is 2.00 bits per heavy atom. The molecule has 22 heavy (non-hydrogen) atoms. The Balaban J connectivity index is 2.53. The lowest BCUT2D eigenvalue weighted by atomic mass is 10.2. The number of aliphatic carboxylic acids is 1. The average molecular weight is 327 g/mol. The molecule has 0 aliphatic heterocycles. The molecule has 0 heterocycles. The molecule has 0 amide bonds. The van der Waals surface area contributed by atoms with Crippen LogP contribution in [-0.2, 0) is 14.8 Å². The van der Waals surface area contributed by atoms with Gasteiger partial charge in [-0.2, -0.15) is 0 Å². The molecule has 8 heteroatoms. The third-order valence-corrected chi connectivity index (χ3v) is 4.60. The molecule has 0 atom stereocenters. The van der Waals surface area contributed by atoms with Crippen molar-refractivity contribution in [3.05, 3.63) is 23.8 Å². The highest BCUT2D eigenvalue weighted by atomic mass is 32.2. The number of carboxylic acids is 1. The zero-order chi connectivity index (χ0) is 16.3. The molecule has 120 valence electrons. The van der Waals surface area contributed by atoms with Gasteiger partial charge < -0.3 is 14.6 Å². The minimum atomic E-state index is -3.77. The average Bonchev–Trinajstić information content (AvgIpc) is 3.27. The molecular formula is C14H17NO6S. The van der Waals surface area contributed by atoms with E-state index in [1.165, 1.54) is 32.4 Å². The third kappa shape index (κ3) is 3.77. The summed E-state index contributed by atoms with van der Waals surface area (Å²) in [7, 11) is -1.04. The lowest BCUT2D eigenvalue weighted by Gasteiger charge is -2.14. The van der Waals surface area contributed by atoms with Gasteiger partial charge in [-0.05, 0) is 36.6 Å². The zero-order valence-electron chi connectivity index (χ0n) is 12.2. The fourth-order valence-corrected chi connectivity index (χ4v) is 3.42. The quantitative estimate of drug-likeness (QED) is 0.731. The summed E-state index contributed by atoms with van der Waals surface area (Å²) < 4.78 is 37.7. The van der Waals surface area contributed by atoms with Crippen LogP contribution < -0.4 is 14.2 Å². The Bertz CT molecular complexity index is 706. The first-order valence-corrected chi connectivity index (χ1v) is 8.05. The zero-order valence-corrected chi connectivity index (χ0v) is 13.0. The van der Waals surface area contributed by atoms with Gasteiger partial charge in [0.1, 0.15) is 4.90 Å². The summed E-state index contributed by atoms with van der Waals surface area (Å²) in [4.78, 5) is 10.5. The molecule has 1 saturated carbocycles. The van der Waals surface area contributed by atoms with Crippen molar-refractivity contribution in [1.29, 1.82) is 0 Å². The number of carbonyl (C=O) groups is 1. The van der Waals surface area contributed by atoms with Crippen LogP contribution in [0, 0.1) is 0 Å². The van der Waals surface area contributed by atoms with E-state index in [-0.39, 0.29) is 22.4 Å². The van der Waals surface area contributed by atoms with E-state index in [2.05, 4.69) is 4.72 Å². The van der Waals surface area contributed by atoms with Gasteiger partial charge in [0.25, 0.3) is 0 Å². The van der Waals surface area contributed by atoms with Gasteiger partial charge in [-0.25, -0.2) is 17.9 Å². The molecule has 2 N–H and O–H groups in total. The number of hydrogen-bond donors (Lipinski definition) is 2. The van der Waals surface area contributed by atoms with Crippen molar-refractivity contribution >= 4 is 22.1 Å². The van der Waals surface area contributed by atoms with Crippen molar-refractivity contribution in [1.82, 2.24) is 4.72 Å². The lowest BCUT2D eigenvalue weighted by molar-refractivity contribution is -0.131. The Morgan fingerprint density at radius 3 is 2.50 bits per heavy atom. The molecule has 0 radical (unpaired) electrons. The minimum Gasteiger partial charge on any atom is -0.493 e. The van der Waals surface area contributed by atoms with Crippen LogP contribution >= 0.6 is 0 Å². The number of nitrogens with one attached hydrogen (secondary N) is 1. The van der Waals surface area contributed by atoms with E-state index in [1.54, 1.807) is 0 Å². The van der Waals surface area contributed by atoms with Crippen molar-refractivity contribution in [3.8, 4) is 11.5 Å². The summed E-state index contributed by atoms with van der Waals surface area (Å²) >= 11 is 0. The highest BCUT2D eigenvalue weighted by molar-refractivity contribution is 7.89. The summed E-state index contributed by atoms with van der Waals surface area (Å²) in [6.45, 7) is 0. The topological polar surface area (TPSA) is 102 Å². The number of methoxy groups -OCH3 is 2. The molecule has 1 aliphatic carbocycles. The van der Waals surface area contributed by atoms with Gasteiger partial charge in [0.05, 0.1) is 14.2 Å². The minimum absolute atomic E-state index is 0.0566. The summed E-state index contributed by atoms with van der Waals surface area (Å²) in [6, 6.07) is 2.80. The van der Waals surface area contributed by atoms with Crippen LogP contribution in [0.4, 0.5) is 0 Å². The molecular weight excluding hydrogens is 310 g/mol. The van der Waals surface area contributed by atoms with Gasteiger partial charge >= 0.3 is 5.97 Å². The lowest BCUT2D eigenvalue weighted by Crippen LogP contribution is -2.26. The van der Waals surface area contributed by atoms with E-state index in [0.717, 1.165) is 18.9 Å². The largest absolute Gasteiger partial charge is 0.493 e. The molecule has 1 aromatic carbocycles. The van der Waals surface area contributed by atoms with Crippen LogP contribution in [0.15, 0.2) is 23.1 Å². The van der Waals surface area contributed by atoms with Crippen molar-refractivity contribution in [3.63, 3.8) is 0 Å². The molecule has 7 nitrogen and oxygen atoms in total. The summed E-state index contributed by atoms with van der Waals surface area (Å²) in [6.07, 6.45) is 3.82. The molecule has 0 aromatic heterocycles. The highest BCUT2D eigenvalue weighted by Gasteiger charge is 2.31. The van der Waals surface area contributed by atoms with Crippen molar-refractivity contribution in [2.75, 3.05) is 14.2 Å². The van der Waals surface area contributed by atoms with Crippen molar-refractivity contribution in [2.45, 2.75) is 23.8 Å². The van der Waals surface area contributed by atoms with E-state index in [4.69, 9.17) is 14.6 Å². The molecule has 2 rings (SSSR count). The summed E-state index contributed by atoms with van der Waals surface area (Å²) in [5, 5.41) is 8.69. The Morgan fingerprint density at radius 1 is 1.32 bits per heavy atom. The van der Waals surface area contributed by atoms with Gasteiger partial charge in [0.15, 0.2) is 11.5 Å². The maximum absolute atomic E-state index is 12.4. The van der Waals surface area contributed by atoms with E-state index in [0.29, 0.717) is 5.56 Å². The van der Waals surface area contributed by atoms with Crippen molar-refractivity contribution in [2.24, 2.45) is 0 Å². The highest BCUT2D eigenvalue weighted by Crippen LogP contribution is 2.36. The number of rotatable bonds is 7. The monoisotopic (exact) mass is 327 g/mol. The number of benzene rings is 1. The van der Waals surface area contributed by atoms with Crippen LogP contribution in [0.5, 0.6) is 11.5 Å². The van der Waals surface area contributed by atoms with E-state index < -0.39 is 16.0 Å². The fourth-order valence-electron chi connectivity index (χ4n) is 1.90. The molecule has 1 aliphatic rings. The summed E-state index contributed by atoms with van der Waals surface area (Å²) in [5.41, 5.74) is 0.385. The number of ether oxygens (including phenoxy) is 2. The third-order valence-electron chi connectivity index (χ3n) is 3.07. The van der Waals surface area contributed by atoms with Crippen LogP contribution in [0.3, 0.4) is 0 Å². The molecule has 0 bridgehead atoms. The smallest absolute Gasteiger partial charge is 0.328 e. The number of hydrogen-bond acceptors (Lipinski definition) is 5. The first kappa shape index (κ1) is 16.3. The number of carboxylic acid groups (broad SMARTS) is 1. The van der Waals surface area contributed by atoms with Gasteiger partial charge in [-0.1, -0.05) is 0 Å². The van der Waals surface area contributed by atoms with Crippen molar-refractivity contribution < 1.29 is 27.8 Å². The Labute approximate surface area is 128 Å². The van der Waals surface area contributed by atoms with Crippen LogP contribution in [0.1, 0.15) is 18.4 Å². The molecule has 1 fully saturated rings. The molecule has 0 saturated heterocycles. The standard InChI is InChI=1S/C14H17NO6S/c1-20-11-7-9(3-6-13(16)17)8-12(14(11)21-2)22(18,19)15-10-4-5-10/h3,6-8,10,15H,4-5H2,1-2H3,(H,16,17)/b6-3+. The van der Waals surface area contributed by atoms with E-state index in [9.17, 15) is 13.2 Å². The van der Waals surface area contributed by atoms with Gasteiger partial charge in [0, 0.05) is 12.1 Å². The second-order valence-electron chi connectivity index (χ2n) is 4.82. The number of sulfonamides is 1. The predicted octanol–water partition coefficient (Wildman–Crippen LogP) is 1.24.